The number of nitrogens with zero attached hydrogens (tertiary/aromatic N) is 7. The molecule has 1 saturated heterocycles. The standard InChI is InChI=1S/C13H15F3N8O2/c1-8-10(17-20-24(8)9-3-4-21(2)18-9)11(25)19-23-6-5-22(12(23)26)7-13(14,15)16/h3-4H,5-7H2,1-2H3,(H,19,25). The molecule has 26 heavy (non-hydrogen) atoms. The molecule has 0 saturated carbocycles. The fraction of sp³-hybridized carbons (Fsp3) is 0.462. The zero-order valence-corrected chi connectivity index (χ0v) is 13.9. The minimum atomic E-state index is -4.50. The number of carbonyl (C=O) groups is 2. The zero-order chi connectivity index (χ0) is 19.1. The molecule has 1 fully saturated rings. The first-order chi connectivity index (χ1) is 12.2. The molecule has 10 nitrogen and oxygen atoms in total. The SMILES string of the molecule is Cc1c(C(=O)NN2CCN(CC(F)(F)F)C2=O)nnn1-c1ccn(C)n1. The third-order valence-electron chi connectivity index (χ3n) is 3.73. The number of urea groups is 1. The molecule has 2 aromatic rings. The number of aromatic nitrogens is 5. The van der Waals surface area contributed by atoms with Gasteiger partial charge in [0, 0.05) is 25.9 Å². The number of alkyl halides is 3. The van der Waals surface area contributed by atoms with Crippen LogP contribution in [0.1, 0.15) is 16.2 Å². The maximum Gasteiger partial charge on any atom is 0.406 e. The van der Waals surface area contributed by atoms with E-state index >= 15 is 0 Å². The first-order valence-corrected chi connectivity index (χ1v) is 7.52. The van der Waals surface area contributed by atoms with Crippen molar-refractivity contribution in [3.05, 3.63) is 23.7 Å². The van der Waals surface area contributed by atoms with Crippen molar-refractivity contribution < 1.29 is 22.8 Å². The molecule has 2 aromatic heterocycles. The van der Waals surface area contributed by atoms with Gasteiger partial charge in [-0.05, 0) is 6.92 Å². The van der Waals surface area contributed by atoms with Crippen LogP contribution in [0.15, 0.2) is 12.3 Å². The second-order valence-electron chi connectivity index (χ2n) is 5.69. The average Bonchev–Trinajstić information content (AvgIpc) is 3.21. The van der Waals surface area contributed by atoms with E-state index in [1.807, 2.05) is 0 Å². The molecular formula is C13H15F3N8O2. The van der Waals surface area contributed by atoms with E-state index in [2.05, 4.69) is 20.8 Å². The fourth-order valence-corrected chi connectivity index (χ4v) is 2.50. The minimum Gasteiger partial charge on any atom is -0.312 e. The highest BCUT2D eigenvalue weighted by Crippen LogP contribution is 2.19. The van der Waals surface area contributed by atoms with Crippen LogP contribution in [-0.2, 0) is 7.05 Å². The lowest BCUT2D eigenvalue weighted by Crippen LogP contribution is -2.46. The van der Waals surface area contributed by atoms with Crippen molar-refractivity contribution in [3.63, 3.8) is 0 Å². The van der Waals surface area contributed by atoms with Crippen LogP contribution >= 0.6 is 0 Å². The molecule has 0 atom stereocenters. The predicted octanol–water partition coefficient (Wildman–Crippen LogP) is 0.254. The molecule has 0 unspecified atom stereocenters. The van der Waals surface area contributed by atoms with Crippen molar-refractivity contribution in [1.29, 1.82) is 0 Å². The number of aryl methyl sites for hydroxylation is 1. The number of hydrogen-bond donors (Lipinski definition) is 1. The summed E-state index contributed by atoms with van der Waals surface area (Å²) >= 11 is 0. The number of rotatable bonds is 4. The Morgan fingerprint density at radius 3 is 2.69 bits per heavy atom. The molecule has 0 radical (unpaired) electrons. The summed E-state index contributed by atoms with van der Waals surface area (Å²) in [5.41, 5.74) is 2.58. The quantitative estimate of drug-likeness (QED) is 0.829. The molecule has 0 spiro atoms. The van der Waals surface area contributed by atoms with Gasteiger partial charge < -0.3 is 4.90 Å². The van der Waals surface area contributed by atoms with Crippen molar-refractivity contribution in [3.8, 4) is 5.82 Å². The zero-order valence-electron chi connectivity index (χ0n) is 13.9. The van der Waals surface area contributed by atoms with E-state index in [0.29, 0.717) is 16.4 Å². The lowest BCUT2D eigenvalue weighted by atomic mass is 10.3. The van der Waals surface area contributed by atoms with Gasteiger partial charge in [-0.15, -0.1) is 5.10 Å². The molecule has 3 amide bonds. The van der Waals surface area contributed by atoms with Gasteiger partial charge in [0.25, 0.3) is 5.91 Å². The Labute approximate surface area is 145 Å². The summed E-state index contributed by atoms with van der Waals surface area (Å²) in [6.07, 6.45) is -2.81. The Bertz CT molecular complexity index is 843. The van der Waals surface area contributed by atoms with Crippen molar-refractivity contribution in [2.75, 3.05) is 19.6 Å². The molecule has 0 aromatic carbocycles. The summed E-state index contributed by atoms with van der Waals surface area (Å²) in [6, 6.07) is 0.744. The number of hydrazine groups is 1. The van der Waals surface area contributed by atoms with E-state index in [9.17, 15) is 22.8 Å². The van der Waals surface area contributed by atoms with Gasteiger partial charge in [0.05, 0.1) is 12.2 Å². The van der Waals surface area contributed by atoms with E-state index in [4.69, 9.17) is 0 Å². The Kier molecular flexibility index (Phi) is 4.29. The predicted molar refractivity (Wildman–Crippen MR) is 80.1 cm³/mol. The van der Waals surface area contributed by atoms with Crippen LogP contribution < -0.4 is 5.43 Å². The van der Waals surface area contributed by atoms with Gasteiger partial charge >= 0.3 is 12.2 Å². The molecule has 0 bridgehead atoms. The highest BCUT2D eigenvalue weighted by atomic mass is 19.4. The van der Waals surface area contributed by atoms with Crippen molar-refractivity contribution in [1.82, 2.24) is 40.1 Å². The first-order valence-electron chi connectivity index (χ1n) is 7.52. The number of carbonyl (C=O) groups excluding carboxylic acids is 2. The highest BCUT2D eigenvalue weighted by Gasteiger charge is 2.39. The highest BCUT2D eigenvalue weighted by molar-refractivity contribution is 5.94. The smallest absolute Gasteiger partial charge is 0.312 e. The van der Waals surface area contributed by atoms with Crippen LogP contribution in [0.4, 0.5) is 18.0 Å². The van der Waals surface area contributed by atoms with Gasteiger partial charge in [0.2, 0.25) is 0 Å². The van der Waals surface area contributed by atoms with E-state index < -0.39 is 24.7 Å². The Hall–Kier alpha value is -3.12. The second-order valence-corrected chi connectivity index (χ2v) is 5.69. The molecule has 1 aliphatic rings. The Morgan fingerprint density at radius 2 is 2.08 bits per heavy atom. The second kappa shape index (κ2) is 6.31. The topological polar surface area (TPSA) is 101 Å². The third kappa shape index (κ3) is 3.45. The fourth-order valence-electron chi connectivity index (χ4n) is 2.50. The number of hydrogen-bond acceptors (Lipinski definition) is 5. The summed E-state index contributed by atoms with van der Waals surface area (Å²) in [5.74, 6) is -0.294. The van der Waals surface area contributed by atoms with E-state index in [1.54, 1.807) is 30.9 Å². The van der Waals surface area contributed by atoms with E-state index in [0.717, 1.165) is 5.01 Å². The van der Waals surface area contributed by atoms with Crippen LogP contribution in [0.5, 0.6) is 0 Å². The Morgan fingerprint density at radius 1 is 1.35 bits per heavy atom. The van der Waals surface area contributed by atoms with Crippen molar-refractivity contribution >= 4 is 11.9 Å². The molecule has 1 aliphatic heterocycles. The van der Waals surface area contributed by atoms with Crippen LogP contribution in [0.25, 0.3) is 5.82 Å². The summed E-state index contributed by atoms with van der Waals surface area (Å²) in [6.45, 7) is 0.0186. The summed E-state index contributed by atoms with van der Waals surface area (Å²) < 4.78 is 40.2. The molecule has 13 heteroatoms. The molecule has 3 heterocycles. The molecule has 1 N–H and O–H groups in total. The molecular weight excluding hydrogens is 357 g/mol. The Balaban J connectivity index is 1.70. The van der Waals surface area contributed by atoms with Gasteiger partial charge in [0.15, 0.2) is 11.5 Å². The van der Waals surface area contributed by atoms with Crippen LogP contribution in [-0.4, -0.2) is 72.4 Å². The number of halogens is 3. The summed E-state index contributed by atoms with van der Waals surface area (Å²) in [7, 11) is 1.72. The van der Waals surface area contributed by atoms with Crippen LogP contribution in [0.2, 0.25) is 0 Å². The number of nitrogens with one attached hydrogen (secondary N) is 1. The molecule has 3 rings (SSSR count). The summed E-state index contributed by atoms with van der Waals surface area (Å²) in [5, 5.41) is 12.6. The lowest BCUT2D eigenvalue weighted by Gasteiger charge is -2.19. The largest absolute Gasteiger partial charge is 0.406 e. The lowest BCUT2D eigenvalue weighted by molar-refractivity contribution is -0.138. The normalized spacial score (nSPS) is 15.0. The van der Waals surface area contributed by atoms with Crippen molar-refractivity contribution in [2.45, 2.75) is 13.1 Å². The molecule has 0 aliphatic carbocycles. The van der Waals surface area contributed by atoms with Gasteiger partial charge in [0.1, 0.15) is 6.54 Å². The summed E-state index contributed by atoms with van der Waals surface area (Å²) in [4.78, 5) is 24.9. The van der Waals surface area contributed by atoms with E-state index in [-0.39, 0.29) is 18.8 Å². The van der Waals surface area contributed by atoms with Gasteiger partial charge in [-0.1, -0.05) is 5.21 Å². The minimum absolute atomic E-state index is 0.0577. The first kappa shape index (κ1) is 17.7. The van der Waals surface area contributed by atoms with E-state index in [1.165, 1.54) is 4.68 Å². The van der Waals surface area contributed by atoms with Gasteiger partial charge in [-0.25, -0.2) is 9.80 Å². The maximum absolute atomic E-state index is 12.4. The monoisotopic (exact) mass is 372 g/mol. The van der Waals surface area contributed by atoms with Crippen molar-refractivity contribution in [2.24, 2.45) is 7.05 Å². The van der Waals surface area contributed by atoms with Gasteiger partial charge in [-0.2, -0.15) is 23.0 Å². The molecule has 140 valence electrons. The maximum atomic E-state index is 12.4. The van der Waals surface area contributed by atoms with Gasteiger partial charge in [-0.3, -0.25) is 14.9 Å². The van der Waals surface area contributed by atoms with Crippen LogP contribution in [0.3, 0.4) is 0 Å². The average molecular weight is 372 g/mol. The third-order valence-corrected chi connectivity index (χ3v) is 3.73. The number of amides is 3. The van der Waals surface area contributed by atoms with Crippen LogP contribution in [0, 0.1) is 6.92 Å².